The molecule has 0 aliphatic heterocycles. The highest BCUT2D eigenvalue weighted by Crippen LogP contribution is 2.46. The number of rotatable bonds is 12. The fraction of sp³-hybridized carbons (Fsp3) is 1.00. The molecule has 0 aromatic heterocycles. The Hall–Kier alpha value is -0.0400. The summed E-state index contributed by atoms with van der Waals surface area (Å²) >= 11 is 0. The van der Waals surface area contributed by atoms with Crippen molar-refractivity contribution in [3.8, 4) is 0 Å². The predicted octanol–water partition coefficient (Wildman–Crippen LogP) is 8.22. The van der Waals surface area contributed by atoms with Crippen LogP contribution in [0.25, 0.3) is 0 Å². The maximum absolute atomic E-state index is 2.66. The summed E-state index contributed by atoms with van der Waals surface area (Å²) in [7, 11) is 2.35. The number of nitrogens with zero attached hydrogens (tertiary/aromatic N) is 1. The standard InChI is InChI=1S/C25H51N/c1-8-10-12-14-20-25(6,21-15-13-11-9-2)22-16-18-23(19-17-22)26(7)24(3,4)5/h22-23H,8-21H2,1-7H3. The van der Waals surface area contributed by atoms with Gasteiger partial charge < -0.3 is 0 Å². The van der Waals surface area contributed by atoms with Crippen molar-refractivity contribution in [3.63, 3.8) is 0 Å². The van der Waals surface area contributed by atoms with Crippen molar-refractivity contribution in [3.05, 3.63) is 0 Å². The Morgan fingerprint density at radius 1 is 0.692 bits per heavy atom. The number of unbranched alkanes of at least 4 members (excludes halogenated alkanes) is 6. The molecule has 0 bridgehead atoms. The van der Waals surface area contributed by atoms with Crippen LogP contribution in [0.3, 0.4) is 0 Å². The van der Waals surface area contributed by atoms with Crippen molar-refractivity contribution in [2.24, 2.45) is 11.3 Å². The van der Waals surface area contributed by atoms with Gasteiger partial charge in [-0.1, -0.05) is 72.1 Å². The summed E-state index contributed by atoms with van der Waals surface area (Å²) in [6.07, 6.45) is 20.1. The van der Waals surface area contributed by atoms with Gasteiger partial charge in [-0.3, -0.25) is 4.90 Å². The second kappa shape index (κ2) is 11.7. The molecule has 0 aromatic rings. The molecular formula is C25H51N. The van der Waals surface area contributed by atoms with Crippen molar-refractivity contribution < 1.29 is 0 Å². The molecular weight excluding hydrogens is 314 g/mol. The molecule has 0 amide bonds. The van der Waals surface area contributed by atoms with Gasteiger partial charge in [-0.05, 0) is 77.7 Å². The molecule has 1 aliphatic carbocycles. The van der Waals surface area contributed by atoms with Crippen LogP contribution in [0.2, 0.25) is 0 Å². The molecule has 0 unspecified atom stereocenters. The third-order valence-electron chi connectivity index (χ3n) is 7.49. The highest BCUT2D eigenvalue weighted by Gasteiger charge is 2.37. The largest absolute Gasteiger partial charge is 0.299 e. The van der Waals surface area contributed by atoms with E-state index >= 15 is 0 Å². The van der Waals surface area contributed by atoms with Gasteiger partial charge in [0.1, 0.15) is 0 Å². The zero-order valence-corrected chi connectivity index (χ0v) is 19.5. The molecule has 1 nitrogen and oxygen atoms in total. The Balaban J connectivity index is 2.60. The summed E-state index contributed by atoms with van der Waals surface area (Å²) in [6, 6.07) is 0.802. The smallest absolute Gasteiger partial charge is 0.0124 e. The Kier molecular flexibility index (Phi) is 10.8. The lowest BCUT2D eigenvalue weighted by molar-refractivity contribution is 0.0392. The van der Waals surface area contributed by atoms with Gasteiger partial charge in [0.15, 0.2) is 0 Å². The van der Waals surface area contributed by atoms with Crippen LogP contribution in [0.5, 0.6) is 0 Å². The first-order chi connectivity index (χ1) is 12.2. The maximum atomic E-state index is 2.66. The summed E-state index contributed by atoms with van der Waals surface area (Å²) in [5, 5.41) is 0. The van der Waals surface area contributed by atoms with E-state index in [1.807, 2.05) is 0 Å². The Bertz CT molecular complexity index is 334. The van der Waals surface area contributed by atoms with Crippen LogP contribution >= 0.6 is 0 Å². The highest BCUT2D eigenvalue weighted by molar-refractivity contribution is 4.90. The van der Waals surface area contributed by atoms with Crippen LogP contribution in [0.15, 0.2) is 0 Å². The van der Waals surface area contributed by atoms with Crippen molar-refractivity contribution in [2.75, 3.05) is 7.05 Å². The van der Waals surface area contributed by atoms with Gasteiger partial charge in [0.25, 0.3) is 0 Å². The van der Waals surface area contributed by atoms with Crippen molar-refractivity contribution >= 4 is 0 Å². The van der Waals surface area contributed by atoms with Gasteiger partial charge in [0.05, 0.1) is 0 Å². The minimum atomic E-state index is 0.307. The van der Waals surface area contributed by atoms with E-state index in [0.717, 1.165) is 12.0 Å². The SMILES string of the molecule is CCCCCCC(C)(CCCCCC)C1CCC(N(C)C(C)(C)C)CC1. The zero-order chi connectivity index (χ0) is 19.6. The minimum Gasteiger partial charge on any atom is -0.299 e. The summed E-state index contributed by atoms with van der Waals surface area (Å²) in [6.45, 7) is 14.4. The quantitative estimate of drug-likeness (QED) is 0.315. The van der Waals surface area contributed by atoms with E-state index in [4.69, 9.17) is 0 Å². The van der Waals surface area contributed by atoms with E-state index in [-0.39, 0.29) is 0 Å². The summed E-state index contributed by atoms with van der Waals surface area (Å²) in [5.74, 6) is 0.968. The van der Waals surface area contributed by atoms with E-state index in [0.29, 0.717) is 11.0 Å². The van der Waals surface area contributed by atoms with E-state index in [2.05, 4.69) is 53.5 Å². The zero-order valence-electron chi connectivity index (χ0n) is 19.5. The second-order valence-electron chi connectivity index (χ2n) is 10.6. The first-order valence-electron chi connectivity index (χ1n) is 12.0. The van der Waals surface area contributed by atoms with Crippen LogP contribution in [0.4, 0.5) is 0 Å². The molecule has 1 saturated carbocycles. The third-order valence-corrected chi connectivity index (χ3v) is 7.49. The average Bonchev–Trinajstić information content (AvgIpc) is 2.61. The minimum absolute atomic E-state index is 0.307. The molecule has 156 valence electrons. The summed E-state index contributed by atoms with van der Waals surface area (Å²) in [4.78, 5) is 2.64. The number of hydrogen-bond acceptors (Lipinski definition) is 1. The Morgan fingerprint density at radius 2 is 1.15 bits per heavy atom. The highest BCUT2D eigenvalue weighted by atomic mass is 15.2. The lowest BCUT2D eigenvalue weighted by Crippen LogP contribution is -2.47. The molecule has 0 saturated heterocycles. The molecule has 1 heteroatoms. The fourth-order valence-corrected chi connectivity index (χ4v) is 5.15. The average molecular weight is 366 g/mol. The molecule has 1 rings (SSSR count). The van der Waals surface area contributed by atoms with E-state index in [1.165, 1.54) is 89.9 Å². The van der Waals surface area contributed by atoms with Crippen LogP contribution in [-0.4, -0.2) is 23.5 Å². The van der Waals surface area contributed by atoms with Gasteiger partial charge in [-0.15, -0.1) is 0 Å². The summed E-state index contributed by atoms with van der Waals surface area (Å²) in [5.41, 5.74) is 0.911. The lowest BCUT2D eigenvalue weighted by atomic mass is 9.64. The van der Waals surface area contributed by atoms with Crippen molar-refractivity contribution in [1.82, 2.24) is 4.90 Å². The second-order valence-corrected chi connectivity index (χ2v) is 10.6. The Morgan fingerprint density at radius 3 is 1.54 bits per heavy atom. The van der Waals surface area contributed by atoms with E-state index < -0.39 is 0 Å². The third kappa shape index (κ3) is 7.91. The van der Waals surface area contributed by atoms with E-state index in [1.54, 1.807) is 0 Å². The van der Waals surface area contributed by atoms with E-state index in [9.17, 15) is 0 Å². The Labute approximate surface area is 166 Å². The van der Waals surface area contributed by atoms with Gasteiger partial charge >= 0.3 is 0 Å². The van der Waals surface area contributed by atoms with Crippen LogP contribution in [-0.2, 0) is 0 Å². The topological polar surface area (TPSA) is 3.24 Å². The van der Waals surface area contributed by atoms with Gasteiger partial charge in [0, 0.05) is 11.6 Å². The monoisotopic (exact) mass is 365 g/mol. The van der Waals surface area contributed by atoms with Gasteiger partial charge in [0.2, 0.25) is 0 Å². The van der Waals surface area contributed by atoms with Crippen LogP contribution < -0.4 is 0 Å². The number of hydrogen-bond donors (Lipinski definition) is 0. The molecule has 0 atom stereocenters. The predicted molar refractivity (Wildman–Crippen MR) is 119 cm³/mol. The molecule has 26 heavy (non-hydrogen) atoms. The lowest BCUT2D eigenvalue weighted by Gasteiger charge is -2.46. The fourth-order valence-electron chi connectivity index (χ4n) is 5.15. The normalized spacial score (nSPS) is 22.2. The molecule has 0 aromatic carbocycles. The van der Waals surface area contributed by atoms with Gasteiger partial charge in [-0.2, -0.15) is 0 Å². The maximum Gasteiger partial charge on any atom is 0.0124 e. The first-order valence-corrected chi connectivity index (χ1v) is 12.0. The van der Waals surface area contributed by atoms with Crippen LogP contribution in [0.1, 0.15) is 131 Å². The van der Waals surface area contributed by atoms with Crippen molar-refractivity contribution in [2.45, 2.75) is 143 Å². The molecule has 1 aliphatic rings. The summed E-state index contributed by atoms with van der Waals surface area (Å²) < 4.78 is 0. The van der Waals surface area contributed by atoms with Gasteiger partial charge in [-0.25, -0.2) is 0 Å². The molecule has 0 spiro atoms. The molecule has 1 fully saturated rings. The molecule has 0 radical (unpaired) electrons. The first kappa shape index (κ1) is 24.0. The van der Waals surface area contributed by atoms with Crippen molar-refractivity contribution in [1.29, 1.82) is 0 Å². The van der Waals surface area contributed by atoms with Crippen LogP contribution in [0, 0.1) is 11.3 Å². The molecule has 0 heterocycles. The molecule has 0 N–H and O–H groups in total.